The van der Waals surface area contributed by atoms with Gasteiger partial charge in [0, 0.05) is 19.6 Å². The number of halogens is 1. The van der Waals surface area contributed by atoms with Gasteiger partial charge in [0.25, 0.3) is 0 Å². The Morgan fingerprint density at radius 3 is 2.92 bits per heavy atom. The Morgan fingerprint density at radius 2 is 2.25 bits per heavy atom. The molecule has 1 aliphatic rings. The fourth-order valence-electron chi connectivity index (χ4n) is 2.87. The molecule has 7 heteroatoms. The first-order valence-electron chi connectivity index (χ1n) is 7.93. The largest absolute Gasteiger partial charge is 0.480 e. The van der Waals surface area contributed by atoms with Gasteiger partial charge in [-0.25, -0.2) is 4.39 Å². The summed E-state index contributed by atoms with van der Waals surface area (Å²) in [6.07, 6.45) is -0.230. The summed E-state index contributed by atoms with van der Waals surface area (Å²) in [4.78, 5) is 26.7. The zero-order valence-corrected chi connectivity index (χ0v) is 13.9. The van der Waals surface area contributed by atoms with Crippen LogP contribution in [0.5, 0.6) is 0 Å². The molecule has 1 fully saturated rings. The molecular formula is C17H23FN2O4. The van der Waals surface area contributed by atoms with E-state index < -0.39 is 11.9 Å². The smallest absolute Gasteiger partial charge is 0.317 e. The van der Waals surface area contributed by atoms with Crippen LogP contribution in [0.3, 0.4) is 0 Å². The number of likely N-dealkylation sites (N-methyl/N-ethyl adjacent to an activating group) is 1. The topological polar surface area (TPSA) is 70.1 Å². The highest BCUT2D eigenvalue weighted by molar-refractivity contribution is 5.83. The number of ether oxygens (including phenoxy) is 1. The summed E-state index contributed by atoms with van der Waals surface area (Å²) in [5.41, 5.74) is 0.644. The maximum Gasteiger partial charge on any atom is 0.317 e. The highest BCUT2D eigenvalue weighted by Crippen LogP contribution is 2.20. The van der Waals surface area contributed by atoms with Crippen molar-refractivity contribution in [2.75, 3.05) is 39.8 Å². The first-order valence-corrected chi connectivity index (χ1v) is 7.93. The van der Waals surface area contributed by atoms with Gasteiger partial charge in [0.1, 0.15) is 5.82 Å². The van der Waals surface area contributed by atoms with Gasteiger partial charge in [-0.05, 0) is 31.7 Å². The van der Waals surface area contributed by atoms with Crippen LogP contribution in [0.25, 0.3) is 0 Å². The lowest BCUT2D eigenvalue weighted by atomic mass is 9.99. The molecule has 0 bridgehead atoms. The van der Waals surface area contributed by atoms with E-state index in [1.807, 2.05) is 0 Å². The van der Waals surface area contributed by atoms with Crippen LogP contribution in [0.2, 0.25) is 0 Å². The lowest BCUT2D eigenvalue weighted by molar-refractivity contribution is -0.143. The van der Waals surface area contributed by atoms with Crippen LogP contribution in [0.15, 0.2) is 24.3 Å². The Labute approximate surface area is 140 Å². The molecule has 1 aromatic carbocycles. The summed E-state index contributed by atoms with van der Waals surface area (Å²) in [6.45, 7) is 3.42. The molecule has 6 nitrogen and oxygen atoms in total. The van der Waals surface area contributed by atoms with Crippen molar-refractivity contribution in [3.05, 3.63) is 35.6 Å². The van der Waals surface area contributed by atoms with E-state index in [0.717, 1.165) is 0 Å². The Kier molecular flexibility index (Phi) is 6.28. The SMILES string of the molecule is CC(C(=O)N1CCOC(CN(C)CC(=O)O)C1)c1cccc(F)c1. The van der Waals surface area contributed by atoms with E-state index in [2.05, 4.69) is 0 Å². The van der Waals surface area contributed by atoms with E-state index in [0.29, 0.717) is 31.8 Å². The summed E-state index contributed by atoms with van der Waals surface area (Å²) >= 11 is 0. The summed E-state index contributed by atoms with van der Waals surface area (Å²) in [7, 11) is 1.70. The molecule has 0 aliphatic carbocycles. The van der Waals surface area contributed by atoms with Crippen LogP contribution in [0.1, 0.15) is 18.4 Å². The number of rotatable bonds is 6. The molecule has 2 atom stereocenters. The predicted octanol–water partition coefficient (Wildman–Crippen LogP) is 1.17. The standard InChI is InChI=1S/C17H23FN2O4/c1-12(13-4-3-5-14(18)8-13)17(23)20-6-7-24-15(10-20)9-19(2)11-16(21)22/h3-5,8,12,15H,6-7,9-11H2,1-2H3,(H,21,22). The molecule has 1 aliphatic heterocycles. The van der Waals surface area contributed by atoms with Gasteiger partial charge in [0.2, 0.25) is 5.91 Å². The quantitative estimate of drug-likeness (QED) is 0.843. The van der Waals surface area contributed by atoms with Crippen LogP contribution in [-0.2, 0) is 14.3 Å². The van der Waals surface area contributed by atoms with E-state index in [-0.39, 0.29) is 24.4 Å². The number of carboxylic acids is 1. The number of carboxylic acid groups (broad SMARTS) is 1. The molecule has 2 rings (SSSR count). The van der Waals surface area contributed by atoms with E-state index in [9.17, 15) is 14.0 Å². The average molecular weight is 338 g/mol. The van der Waals surface area contributed by atoms with Crippen molar-refractivity contribution in [1.29, 1.82) is 0 Å². The normalized spacial score (nSPS) is 19.3. The number of carbonyl (C=O) groups is 2. The van der Waals surface area contributed by atoms with E-state index in [1.54, 1.807) is 35.9 Å². The van der Waals surface area contributed by atoms with Gasteiger partial charge >= 0.3 is 5.97 Å². The Balaban J connectivity index is 1.95. The van der Waals surface area contributed by atoms with Gasteiger partial charge < -0.3 is 14.7 Å². The number of carbonyl (C=O) groups excluding carboxylic acids is 1. The highest BCUT2D eigenvalue weighted by atomic mass is 19.1. The molecule has 24 heavy (non-hydrogen) atoms. The van der Waals surface area contributed by atoms with Crippen LogP contribution in [-0.4, -0.2) is 72.7 Å². The van der Waals surface area contributed by atoms with Crippen molar-refractivity contribution >= 4 is 11.9 Å². The van der Waals surface area contributed by atoms with E-state index >= 15 is 0 Å². The monoisotopic (exact) mass is 338 g/mol. The fraction of sp³-hybridized carbons (Fsp3) is 0.529. The Hall–Kier alpha value is -1.99. The number of nitrogens with zero attached hydrogens (tertiary/aromatic N) is 2. The molecule has 2 unspecified atom stereocenters. The molecule has 0 spiro atoms. The molecular weight excluding hydrogens is 315 g/mol. The second-order valence-electron chi connectivity index (χ2n) is 6.14. The molecule has 1 amide bonds. The Bertz CT molecular complexity index is 596. The van der Waals surface area contributed by atoms with Crippen molar-refractivity contribution < 1.29 is 23.8 Å². The Morgan fingerprint density at radius 1 is 1.50 bits per heavy atom. The number of hydrogen-bond acceptors (Lipinski definition) is 4. The van der Waals surface area contributed by atoms with Gasteiger partial charge in [-0.3, -0.25) is 14.5 Å². The maximum absolute atomic E-state index is 13.3. The van der Waals surface area contributed by atoms with Crippen molar-refractivity contribution in [3.63, 3.8) is 0 Å². The van der Waals surface area contributed by atoms with Gasteiger partial charge in [-0.2, -0.15) is 0 Å². The summed E-state index contributed by atoms with van der Waals surface area (Å²) in [6, 6.07) is 6.06. The van der Waals surface area contributed by atoms with Crippen LogP contribution >= 0.6 is 0 Å². The maximum atomic E-state index is 13.3. The van der Waals surface area contributed by atoms with Gasteiger partial charge in [-0.15, -0.1) is 0 Å². The van der Waals surface area contributed by atoms with Crippen molar-refractivity contribution in [1.82, 2.24) is 9.80 Å². The number of hydrogen-bond donors (Lipinski definition) is 1. The van der Waals surface area contributed by atoms with Gasteiger partial charge in [0.15, 0.2) is 0 Å². The highest BCUT2D eigenvalue weighted by Gasteiger charge is 2.28. The molecule has 1 heterocycles. The number of aliphatic carboxylic acids is 1. The lowest BCUT2D eigenvalue weighted by Gasteiger charge is -2.36. The van der Waals surface area contributed by atoms with Crippen LogP contribution in [0.4, 0.5) is 4.39 Å². The minimum atomic E-state index is -0.902. The number of amides is 1. The second kappa shape index (κ2) is 8.21. The third-order valence-electron chi connectivity index (χ3n) is 4.09. The summed E-state index contributed by atoms with van der Waals surface area (Å²) in [5, 5.41) is 8.80. The molecule has 132 valence electrons. The average Bonchev–Trinajstić information content (AvgIpc) is 2.53. The third-order valence-corrected chi connectivity index (χ3v) is 4.09. The van der Waals surface area contributed by atoms with Crippen LogP contribution < -0.4 is 0 Å². The second-order valence-corrected chi connectivity index (χ2v) is 6.14. The third kappa shape index (κ3) is 5.01. The fourth-order valence-corrected chi connectivity index (χ4v) is 2.87. The summed E-state index contributed by atoms with van der Waals surface area (Å²) < 4.78 is 19.0. The van der Waals surface area contributed by atoms with Gasteiger partial charge in [0.05, 0.1) is 25.2 Å². The first kappa shape index (κ1) is 18.4. The first-order chi connectivity index (χ1) is 11.4. The number of benzene rings is 1. The number of morpholine rings is 1. The summed E-state index contributed by atoms with van der Waals surface area (Å²) in [5.74, 6) is -1.77. The van der Waals surface area contributed by atoms with E-state index in [1.165, 1.54) is 12.1 Å². The minimum Gasteiger partial charge on any atom is -0.480 e. The van der Waals surface area contributed by atoms with Crippen molar-refractivity contribution in [2.45, 2.75) is 18.9 Å². The molecule has 1 aromatic rings. The minimum absolute atomic E-state index is 0.0743. The zero-order chi connectivity index (χ0) is 17.7. The van der Waals surface area contributed by atoms with Crippen molar-refractivity contribution in [2.24, 2.45) is 0 Å². The zero-order valence-electron chi connectivity index (χ0n) is 13.9. The predicted molar refractivity (Wildman–Crippen MR) is 86.3 cm³/mol. The molecule has 0 aromatic heterocycles. The van der Waals surface area contributed by atoms with Crippen molar-refractivity contribution in [3.8, 4) is 0 Å². The van der Waals surface area contributed by atoms with E-state index in [4.69, 9.17) is 9.84 Å². The molecule has 0 radical (unpaired) electrons. The van der Waals surface area contributed by atoms with Crippen LogP contribution in [0, 0.1) is 5.82 Å². The molecule has 1 saturated heterocycles. The molecule has 1 N–H and O–H groups in total. The van der Waals surface area contributed by atoms with Gasteiger partial charge in [-0.1, -0.05) is 12.1 Å². The molecule has 0 saturated carbocycles. The lowest BCUT2D eigenvalue weighted by Crippen LogP contribution is -2.50.